The zero-order chi connectivity index (χ0) is 19.6. The molecule has 1 N–H and O–H groups in total. The molecule has 2 heterocycles. The number of rotatable bonds is 6. The molecule has 9 nitrogen and oxygen atoms in total. The van der Waals surface area contributed by atoms with Gasteiger partial charge in [-0.25, -0.2) is 4.68 Å². The van der Waals surface area contributed by atoms with Gasteiger partial charge in [-0.2, -0.15) is 10.2 Å². The van der Waals surface area contributed by atoms with E-state index in [1.165, 1.54) is 4.68 Å². The fraction of sp³-hybridized carbons (Fsp3) is 0.278. The molecule has 0 aliphatic rings. The number of carbonyl (C=O) groups is 1. The lowest BCUT2D eigenvalue weighted by atomic mass is 10.2. The van der Waals surface area contributed by atoms with Gasteiger partial charge >= 0.3 is 5.69 Å². The zero-order valence-electron chi connectivity index (χ0n) is 15.3. The van der Waals surface area contributed by atoms with Crippen LogP contribution in [0, 0.1) is 30.9 Å². The molecule has 0 spiro atoms. The summed E-state index contributed by atoms with van der Waals surface area (Å²) < 4.78 is 3.17. The van der Waals surface area contributed by atoms with E-state index < -0.39 is 4.92 Å². The maximum atomic E-state index is 12.2. The summed E-state index contributed by atoms with van der Waals surface area (Å²) in [5.41, 5.74) is 3.93. The molecule has 0 radical (unpaired) electrons. The first-order valence-corrected chi connectivity index (χ1v) is 8.42. The number of nitro groups is 1. The highest BCUT2D eigenvalue weighted by atomic mass is 16.6. The van der Waals surface area contributed by atoms with Crippen molar-refractivity contribution in [3.8, 4) is 5.69 Å². The van der Waals surface area contributed by atoms with E-state index in [1.54, 1.807) is 6.92 Å². The van der Waals surface area contributed by atoms with Crippen LogP contribution in [-0.2, 0) is 17.9 Å². The molecule has 1 aromatic carbocycles. The number of hydrogen-bond donors (Lipinski definition) is 1. The third kappa shape index (κ3) is 3.71. The highest BCUT2D eigenvalue weighted by Gasteiger charge is 2.18. The third-order valence-corrected chi connectivity index (χ3v) is 4.47. The quantitative estimate of drug-likeness (QED) is 0.530. The Morgan fingerprint density at radius 3 is 2.52 bits per heavy atom. The maximum Gasteiger partial charge on any atom is 0.309 e. The minimum Gasteiger partial charge on any atom is -0.350 e. The first-order chi connectivity index (χ1) is 12.9. The largest absolute Gasteiger partial charge is 0.350 e. The van der Waals surface area contributed by atoms with Crippen molar-refractivity contribution >= 4 is 11.6 Å². The van der Waals surface area contributed by atoms with E-state index in [9.17, 15) is 14.9 Å². The Morgan fingerprint density at radius 1 is 1.19 bits per heavy atom. The number of aromatic nitrogens is 4. The Morgan fingerprint density at radius 2 is 1.89 bits per heavy atom. The molecule has 0 aliphatic carbocycles. The van der Waals surface area contributed by atoms with Gasteiger partial charge in [0.2, 0.25) is 5.91 Å². The fourth-order valence-corrected chi connectivity index (χ4v) is 2.91. The van der Waals surface area contributed by atoms with Crippen LogP contribution in [0.15, 0.2) is 36.5 Å². The minimum atomic E-state index is -0.512. The number of aryl methyl sites for hydroxylation is 1. The van der Waals surface area contributed by atoms with Gasteiger partial charge in [0, 0.05) is 17.8 Å². The molecule has 3 aromatic rings. The number of benzene rings is 1. The van der Waals surface area contributed by atoms with Gasteiger partial charge in [0.05, 0.1) is 16.3 Å². The molecule has 0 unspecified atom stereocenters. The normalized spacial score (nSPS) is 10.8. The summed E-state index contributed by atoms with van der Waals surface area (Å²) in [4.78, 5) is 22.6. The number of amides is 1. The van der Waals surface area contributed by atoms with Crippen molar-refractivity contribution in [2.75, 3.05) is 0 Å². The molecule has 0 atom stereocenters. The lowest BCUT2D eigenvalue weighted by Gasteiger charge is -2.08. The van der Waals surface area contributed by atoms with Gasteiger partial charge in [0.25, 0.3) is 0 Å². The fourth-order valence-electron chi connectivity index (χ4n) is 2.91. The van der Waals surface area contributed by atoms with Crippen LogP contribution in [0.25, 0.3) is 5.69 Å². The lowest BCUT2D eigenvalue weighted by Crippen LogP contribution is -2.28. The van der Waals surface area contributed by atoms with Crippen LogP contribution < -0.4 is 5.32 Å². The van der Waals surface area contributed by atoms with Gasteiger partial charge in [0.15, 0.2) is 0 Å². The predicted molar refractivity (Wildman–Crippen MR) is 98.5 cm³/mol. The average molecular weight is 368 g/mol. The average Bonchev–Trinajstić information content (AvgIpc) is 3.14. The van der Waals surface area contributed by atoms with E-state index in [0.29, 0.717) is 12.2 Å². The van der Waals surface area contributed by atoms with Crippen molar-refractivity contribution in [1.82, 2.24) is 24.9 Å². The van der Waals surface area contributed by atoms with Crippen LogP contribution in [0.1, 0.15) is 22.6 Å². The molecule has 0 saturated heterocycles. The third-order valence-electron chi connectivity index (χ3n) is 4.47. The van der Waals surface area contributed by atoms with Crippen molar-refractivity contribution in [2.45, 2.75) is 33.9 Å². The van der Waals surface area contributed by atoms with Crippen LogP contribution in [-0.4, -0.2) is 30.4 Å². The van der Waals surface area contributed by atoms with Crippen LogP contribution in [0.3, 0.4) is 0 Å². The summed E-state index contributed by atoms with van der Waals surface area (Å²) in [7, 11) is 0. The Kier molecular flexibility index (Phi) is 5.02. The maximum absolute atomic E-state index is 12.2. The van der Waals surface area contributed by atoms with Crippen molar-refractivity contribution in [3.63, 3.8) is 0 Å². The van der Waals surface area contributed by atoms with Crippen molar-refractivity contribution < 1.29 is 9.72 Å². The molecule has 9 heteroatoms. The molecule has 0 fully saturated rings. The molecule has 1 amide bonds. The van der Waals surface area contributed by atoms with Crippen LogP contribution in [0.4, 0.5) is 5.69 Å². The second-order valence-electron chi connectivity index (χ2n) is 6.20. The first kappa shape index (κ1) is 18.3. The minimum absolute atomic E-state index is 0.0788. The van der Waals surface area contributed by atoms with Crippen LogP contribution in [0.5, 0.6) is 0 Å². The molecule has 0 bridgehead atoms. The molecule has 140 valence electrons. The van der Waals surface area contributed by atoms with E-state index in [2.05, 4.69) is 15.5 Å². The summed E-state index contributed by atoms with van der Waals surface area (Å²) in [5.74, 6) is -0.276. The highest BCUT2D eigenvalue weighted by Crippen LogP contribution is 2.18. The highest BCUT2D eigenvalue weighted by molar-refractivity contribution is 5.75. The Balaban J connectivity index is 1.69. The van der Waals surface area contributed by atoms with Gasteiger partial charge in [-0.3, -0.25) is 19.6 Å². The van der Waals surface area contributed by atoms with Gasteiger partial charge in [0.1, 0.15) is 18.4 Å². The van der Waals surface area contributed by atoms with Crippen molar-refractivity contribution in [3.05, 3.63) is 69.3 Å². The molecular formula is C18H20N6O3. The standard InChI is InChI=1S/C18H20N6O3/c1-12-16(13(2)23(21-12)15-7-5-4-6-8-15)9-19-18(25)11-22-14(3)17(10-20-22)24(26)27/h4-8,10H,9,11H2,1-3H3,(H,19,25). The van der Waals surface area contributed by atoms with Gasteiger partial charge < -0.3 is 5.32 Å². The van der Waals surface area contributed by atoms with Crippen molar-refractivity contribution in [1.29, 1.82) is 0 Å². The van der Waals surface area contributed by atoms with E-state index in [1.807, 2.05) is 48.9 Å². The topological polar surface area (TPSA) is 108 Å². The summed E-state index contributed by atoms with van der Waals surface area (Å²) in [6.07, 6.45) is 1.15. The summed E-state index contributed by atoms with van der Waals surface area (Å²) in [6, 6.07) is 9.76. The number of carbonyl (C=O) groups excluding carboxylic acids is 1. The van der Waals surface area contributed by atoms with E-state index >= 15 is 0 Å². The molecule has 0 saturated carbocycles. The summed E-state index contributed by atoms with van der Waals surface area (Å²) in [5, 5.41) is 22.2. The van der Waals surface area contributed by atoms with Gasteiger partial charge in [-0.1, -0.05) is 18.2 Å². The van der Waals surface area contributed by atoms with E-state index in [-0.39, 0.29) is 18.1 Å². The molecule has 27 heavy (non-hydrogen) atoms. The first-order valence-electron chi connectivity index (χ1n) is 8.42. The predicted octanol–water partition coefficient (Wildman–Crippen LogP) is 2.22. The smallest absolute Gasteiger partial charge is 0.309 e. The monoisotopic (exact) mass is 368 g/mol. The van der Waals surface area contributed by atoms with Crippen LogP contribution >= 0.6 is 0 Å². The second-order valence-corrected chi connectivity index (χ2v) is 6.20. The number of nitrogens with zero attached hydrogens (tertiary/aromatic N) is 5. The molecule has 0 aliphatic heterocycles. The molecule has 3 rings (SSSR count). The lowest BCUT2D eigenvalue weighted by molar-refractivity contribution is -0.385. The summed E-state index contributed by atoms with van der Waals surface area (Å²) in [6.45, 7) is 5.66. The molecule has 2 aromatic heterocycles. The summed E-state index contributed by atoms with van der Waals surface area (Å²) >= 11 is 0. The van der Waals surface area contributed by atoms with Crippen molar-refractivity contribution in [2.24, 2.45) is 0 Å². The SMILES string of the molecule is Cc1nn(-c2ccccc2)c(C)c1CNC(=O)Cn1ncc([N+](=O)[O-])c1C. The van der Waals surface area contributed by atoms with E-state index in [0.717, 1.165) is 28.8 Å². The van der Waals surface area contributed by atoms with E-state index in [4.69, 9.17) is 0 Å². The number of nitrogens with one attached hydrogen (secondary N) is 1. The Hall–Kier alpha value is -3.49. The number of hydrogen-bond acceptors (Lipinski definition) is 5. The van der Waals surface area contributed by atoms with Gasteiger partial charge in [-0.05, 0) is 32.9 Å². The van der Waals surface area contributed by atoms with Gasteiger partial charge in [-0.15, -0.1) is 0 Å². The molecular weight excluding hydrogens is 348 g/mol. The second kappa shape index (κ2) is 7.40. The Bertz CT molecular complexity index is 990. The Labute approximate surface area is 155 Å². The number of para-hydroxylation sites is 1. The van der Waals surface area contributed by atoms with Crippen LogP contribution in [0.2, 0.25) is 0 Å². The zero-order valence-corrected chi connectivity index (χ0v) is 15.3.